The molecule has 2 amide bonds. The van der Waals surface area contributed by atoms with E-state index in [2.05, 4.69) is 52.7 Å². The van der Waals surface area contributed by atoms with Gasteiger partial charge in [-0.15, -0.1) is 0 Å². The van der Waals surface area contributed by atoms with E-state index in [0.717, 1.165) is 16.5 Å². The number of anilines is 1. The van der Waals surface area contributed by atoms with Crippen LogP contribution in [0.4, 0.5) is 5.69 Å². The molecule has 0 unspecified atom stereocenters. The Balaban J connectivity index is 1.56. The lowest BCUT2D eigenvalue weighted by Gasteiger charge is -2.13. The molecule has 0 aliphatic heterocycles. The standard InChI is InChI=1S/C22H18Br2N4O3/c1-12-19-17(27-28-21(29)13-9-15(24)11-25-10-13)3-2-4-18(19)31-20(12)22(30)26-16-7-5-14(23)6-8-16/h5-11H,2-4H2,1H3,(H,26,30)(H,28,29)/b27-17+. The zero-order chi connectivity index (χ0) is 22.0. The van der Waals surface area contributed by atoms with Gasteiger partial charge < -0.3 is 9.73 Å². The van der Waals surface area contributed by atoms with Crippen molar-refractivity contribution in [1.29, 1.82) is 0 Å². The molecule has 31 heavy (non-hydrogen) atoms. The predicted octanol–water partition coefficient (Wildman–Crippen LogP) is 5.23. The molecule has 4 rings (SSSR count). The van der Waals surface area contributed by atoms with Crippen LogP contribution in [-0.4, -0.2) is 22.5 Å². The lowest BCUT2D eigenvalue weighted by Crippen LogP contribution is -2.22. The highest BCUT2D eigenvalue weighted by Gasteiger charge is 2.28. The Morgan fingerprint density at radius 1 is 1.06 bits per heavy atom. The van der Waals surface area contributed by atoms with E-state index in [1.165, 1.54) is 6.20 Å². The van der Waals surface area contributed by atoms with Crippen molar-refractivity contribution in [2.45, 2.75) is 26.2 Å². The molecular weight excluding hydrogens is 528 g/mol. The first-order valence-corrected chi connectivity index (χ1v) is 11.2. The number of nitrogens with zero attached hydrogens (tertiary/aromatic N) is 2. The summed E-state index contributed by atoms with van der Waals surface area (Å²) < 4.78 is 7.54. The number of fused-ring (bicyclic) bond motifs is 1. The molecule has 0 saturated carbocycles. The minimum Gasteiger partial charge on any atom is -0.455 e. The second-order valence-corrected chi connectivity index (χ2v) is 8.89. The smallest absolute Gasteiger partial charge is 0.291 e. The van der Waals surface area contributed by atoms with Crippen molar-refractivity contribution < 1.29 is 14.0 Å². The number of hydrogen-bond acceptors (Lipinski definition) is 5. The first-order valence-electron chi connectivity index (χ1n) is 9.59. The van der Waals surface area contributed by atoms with Crippen LogP contribution < -0.4 is 10.7 Å². The van der Waals surface area contributed by atoms with E-state index in [1.54, 1.807) is 24.4 Å². The van der Waals surface area contributed by atoms with Gasteiger partial charge in [0.05, 0.1) is 11.3 Å². The molecular formula is C22H18Br2N4O3. The molecule has 0 fully saturated rings. The monoisotopic (exact) mass is 544 g/mol. The summed E-state index contributed by atoms with van der Waals surface area (Å²) in [5, 5.41) is 7.19. The quantitative estimate of drug-likeness (QED) is 0.439. The zero-order valence-electron chi connectivity index (χ0n) is 16.5. The maximum absolute atomic E-state index is 12.8. The molecule has 2 heterocycles. The molecule has 1 aliphatic rings. The lowest BCUT2D eigenvalue weighted by molar-refractivity contribution is 0.0953. The van der Waals surface area contributed by atoms with Crippen molar-refractivity contribution in [3.8, 4) is 0 Å². The Hall–Kier alpha value is -2.78. The van der Waals surface area contributed by atoms with E-state index in [0.29, 0.717) is 45.6 Å². The van der Waals surface area contributed by atoms with E-state index in [1.807, 2.05) is 19.1 Å². The molecule has 0 spiro atoms. The van der Waals surface area contributed by atoms with Crippen LogP contribution in [0.2, 0.25) is 0 Å². The molecule has 158 valence electrons. The maximum atomic E-state index is 12.8. The summed E-state index contributed by atoms with van der Waals surface area (Å²) in [6, 6.07) is 8.98. The van der Waals surface area contributed by atoms with Crippen molar-refractivity contribution in [2.24, 2.45) is 5.10 Å². The minimum atomic E-state index is -0.359. The average molecular weight is 546 g/mol. The summed E-state index contributed by atoms with van der Waals surface area (Å²) >= 11 is 6.68. The van der Waals surface area contributed by atoms with Crippen LogP contribution in [-0.2, 0) is 6.42 Å². The van der Waals surface area contributed by atoms with Crippen LogP contribution in [0, 0.1) is 6.92 Å². The second kappa shape index (κ2) is 9.15. The summed E-state index contributed by atoms with van der Waals surface area (Å²) in [4.78, 5) is 29.2. The van der Waals surface area contributed by atoms with Crippen LogP contribution in [0.3, 0.4) is 0 Å². The van der Waals surface area contributed by atoms with E-state index in [4.69, 9.17) is 4.42 Å². The summed E-state index contributed by atoms with van der Waals surface area (Å²) in [5.74, 6) is 0.285. The van der Waals surface area contributed by atoms with Gasteiger partial charge in [-0.2, -0.15) is 5.10 Å². The summed E-state index contributed by atoms with van der Waals surface area (Å²) in [5.41, 5.74) is 5.85. The number of pyridine rings is 1. The third kappa shape index (κ3) is 4.77. The predicted molar refractivity (Wildman–Crippen MR) is 124 cm³/mol. The van der Waals surface area contributed by atoms with Gasteiger partial charge in [0.25, 0.3) is 11.8 Å². The van der Waals surface area contributed by atoms with Crippen LogP contribution in [0.25, 0.3) is 0 Å². The van der Waals surface area contributed by atoms with Crippen LogP contribution in [0.15, 0.2) is 61.2 Å². The fourth-order valence-corrected chi connectivity index (χ4v) is 4.07. The van der Waals surface area contributed by atoms with Crippen LogP contribution in [0.1, 0.15) is 50.6 Å². The first-order chi connectivity index (χ1) is 14.9. The number of hydrazone groups is 1. The molecule has 9 heteroatoms. The molecule has 0 atom stereocenters. The van der Waals surface area contributed by atoms with Gasteiger partial charge in [-0.25, -0.2) is 5.43 Å². The van der Waals surface area contributed by atoms with Gasteiger partial charge >= 0.3 is 0 Å². The Bertz CT molecular complexity index is 1190. The van der Waals surface area contributed by atoms with Crippen LogP contribution in [0.5, 0.6) is 0 Å². The number of benzene rings is 1. The van der Waals surface area contributed by atoms with E-state index < -0.39 is 0 Å². The van der Waals surface area contributed by atoms with Gasteiger partial charge in [0.15, 0.2) is 5.76 Å². The fraction of sp³-hybridized carbons (Fsp3) is 0.182. The number of aromatic nitrogens is 1. The highest BCUT2D eigenvalue weighted by Crippen LogP contribution is 2.30. The van der Waals surface area contributed by atoms with Gasteiger partial charge in [0.2, 0.25) is 0 Å². The largest absolute Gasteiger partial charge is 0.455 e. The Kier molecular flexibility index (Phi) is 6.33. The number of hydrogen-bond donors (Lipinski definition) is 2. The molecule has 3 aromatic rings. The zero-order valence-corrected chi connectivity index (χ0v) is 19.7. The van der Waals surface area contributed by atoms with E-state index in [-0.39, 0.29) is 17.6 Å². The number of furan rings is 1. The Morgan fingerprint density at radius 3 is 2.58 bits per heavy atom. The molecule has 2 N–H and O–H groups in total. The van der Waals surface area contributed by atoms with Gasteiger partial charge in [-0.3, -0.25) is 14.6 Å². The second-order valence-electron chi connectivity index (χ2n) is 7.06. The van der Waals surface area contributed by atoms with Gasteiger partial charge in [0.1, 0.15) is 5.76 Å². The first kappa shape index (κ1) is 21.5. The van der Waals surface area contributed by atoms with Gasteiger partial charge in [-0.1, -0.05) is 15.9 Å². The Morgan fingerprint density at radius 2 is 1.84 bits per heavy atom. The van der Waals surface area contributed by atoms with E-state index in [9.17, 15) is 9.59 Å². The summed E-state index contributed by atoms with van der Waals surface area (Å²) in [6.45, 7) is 1.83. The fourth-order valence-electron chi connectivity index (χ4n) is 3.44. The molecule has 2 aromatic heterocycles. The maximum Gasteiger partial charge on any atom is 0.291 e. The molecule has 0 radical (unpaired) electrons. The Labute approximate surface area is 195 Å². The molecule has 0 saturated heterocycles. The topological polar surface area (TPSA) is 96.6 Å². The van der Waals surface area contributed by atoms with Crippen molar-refractivity contribution >= 4 is 55.1 Å². The lowest BCUT2D eigenvalue weighted by atomic mass is 9.93. The number of amides is 2. The van der Waals surface area contributed by atoms with Crippen LogP contribution >= 0.6 is 31.9 Å². The highest BCUT2D eigenvalue weighted by atomic mass is 79.9. The van der Waals surface area contributed by atoms with Gasteiger partial charge in [0, 0.05) is 44.6 Å². The number of nitrogens with one attached hydrogen (secondary N) is 2. The highest BCUT2D eigenvalue weighted by molar-refractivity contribution is 9.10. The molecule has 0 bridgehead atoms. The van der Waals surface area contributed by atoms with E-state index >= 15 is 0 Å². The SMILES string of the molecule is Cc1c(C(=O)Nc2ccc(Br)cc2)oc2c1/C(=N/NC(=O)c1cncc(Br)c1)CCC2. The van der Waals surface area contributed by atoms with Gasteiger partial charge in [-0.05, 0) is 66.0 Å². The third-order valence-electron chi connectivity index (χ3n) is 4.89. The minimum absolute atomic E-state index is 0.255. The number of carbonyl (C=O) groups excluding carboxylic acids is 2. The average Bonchev–Trinajstić information content (AvgIpc) is 3.11. The molecule has 1 aliphatic carbocycles. The number of aryl methyl sites for hydroxylation is 1. The third-order valence-corrected chi connectivity index (χ3v) is 5.86. The molecule has 7 nitrogen and oxygen atoms in total. The number of halogens is 2. The van der Waals surface area contributed by atoms with Crippen molar-refractivity contribution in [3.63, 3.8) is 0 Å². The number of carbonyl (C=O) groups is 2. The van der Waals surface area contributed by atoms with Crippen molar-refractivity contribution in [3.05, 3.63) is 79.9 Å². The normalized spacial score (nSPS) is 14.2. The summed E-state index contributed by atoms with van der Waals surface area (Å²) in [7, 11) is 0. The van der Waals surface area contributed by atoms with Crippen molar-refractivity contribution in [2.75, 3.05) is 5.32 Å². The number of rotatable bonds is 4. The molecule has 1 aromatic carbocycles. The summed E-state index contributed by atoms with van der Waals surface area (Å²) in [6.07, 6.45) is 5.29. The van der Waals surface area contributed by atoms with Crippen molar-refractivity contribution in [1.82, 2.24) is 10.4 Å².